The van der Waals surface area contributed by atoms with E-state index in [-0.39, 0.29) is 22.7 Å². The minimum absolute atomic E-state index is 0.113. The summed E-state index contributed by atoms with van der Waals surface area (Å²) in [4.78, 5) is 19.1. The Morgan fingerprint density at radius 3 is 2.27 bits per heavy atom. The summed E-state index contributed by atoms with van der Waals surface area (Å²) in [5.74, 6) is 0.400. The molecule has 0 radical (unpaired) electrons. The van der Waals surface area contributed by atoms with E-state index in [4.69, 9.17) is 25.8 Å². The zero-order valence-electron chi connectivity index (χ0n) is 16.7. The molecule has 0 saturated heterocycles. The zero-order chi connectivity index (χ0) is 21.7. The van der Waals surface area contributed by atoms with Gasteiger partial charge in [0.15, 0.2) is 11.5 Å². The molecule has 0 fully saturated rings. The Bertz CT molecular complexity index is 1000. The highest BCUT2D eigenvalue weighted by molar-refractivity contribution is 6.31. The number of pyridine rings is 1. The molecule has 0 aliphatic rings. The fourth-order valence-corrected chi connectivity index (χ4v) is 3.19. The fraction of sp³-hybridized carbons (Fsp3) is 0.182. The van der Waals surface area contributed by atoms with E-state index in [9.17, 15) is 9.18 Å². The first-order valence-corrected chi connectivity index (χ1v) is 9.33. The monoisotopic (exact) mass is 430 g/mol. The minimum atomic E-state index is -0.513. The molecule has 3 aromatic rings. The van der Waals surface area contributed by atoms with E-state index in [0.717, 1.165) is 0 Å². The summed E-state index contributed by atoms with van der Waals surface area (Å²) in [5, 5.41) is 0.216. The van der Waals surface area contributed by atoms with E-state index >= 15 is 0 Å². The third kappa shape index (κ3) is 4.31. The van der Waals surface area contributed by atoms with Crippen LogP contribution >= 0.6 is 11.6 Å². The Hall–Kier alpha value is -3.32. The third-order valence-electron chi connectivity index (χ3n) is 4.46. The number of anilines is 1. The molecule has 0 bridgehead atoms. The van der Waals surface area contributed by atoms with Gasteiger partial charge in [0.1, 0.15) is 11.6 Å². The standard InChI is InChI=1S/C22H20ClFN2O4/c1-28-18-11-14(12-19(29-2)21(18)30-3)22(27)26(20-9-4-5-10-25-20)13-15-16(23)7-6-8-17(15)24/h4-12H,13H2,1-3H3. The Morgan fingerprint density at radius 1 is 1.03 bits per heavy atom. The van der Waals surface area contributed by atoms with E-state index in [2.05, 4.69) is 4.98 Å². The Labute approximate surface area is 178 Å². The molecule has 1 amide bonds. The molecular formula is C22H20ClFN2O4. The molecule has 1 heterocycles. The van der Waals surface area contributed by atoms with Gasteiger partial charge in [-0.2, -0.15) is 0 Å². The summed E-state index contributed by atoms with van der Waals surface area (Å²) < 4.78 is 30.4. The highest BCUT2D eigenvalue weighted by atomic mass is 35.5. The number of hydrogen-bond donors (Lipinski definition) is 0. The molecule has 8 heteroatoms. The summed E-state index contributed by atoms with van der Waals surface area (Å²) in [6.07, 6.45) is 1.55. The van der Waals surface area contributed by atoms with Gasteiger partial charge < -0.3 is 14.2 Å². The van der Waals surface area contributed by atoms with E-state index < -0.39 is 11.7 Å². The zero-order valence-corrected chi connectivity index (χ0v) is 17.4. The highest BCUT2D eigenvalue weighted by Gasteiger charge is 2.25. The van der Waals surface area contributed by atoms with Gasteiger partial charge in [-0.25, -0.2) is 9.37 Å². The van der Waals surface area contributed by atoms with Crippen LogP contribution in [0, 0.1) is 5.82 Å². The molecule has 2 aromatic carbocycles. The van der Waals surface area contributed by atoms with Crippen molar-refractivity contribution in [3.63, 3.8) is 0 Å². The number of carbonyl (C=O) groups is 1. The largest absolute Gasteiger partial charge is 0.493 e. The summed E-state index contributed by atoms with van der Waals surface area (Å²) >= 11 is 6.19. The van der Waals surface area contributed by atoms with Gasteiger partial charge >= 0.3 is 0 Å². The summed E-state index contributed by atoms with van der Waals surface area (Å²) in [6, 6.07) is 12.5. The van der Waals surface area contributed by atoms with Crippen molar-refractivity contribution in [3.05, 3.63) is 76.7 Å². The summed E-state index contributed by atoms with van der Waals surface area (Å²) in [7, 11) is 4.39. The van der Waals surface area contributed by atoms with Crippen molar-refractivity contribution in [2.24, 2.45) is 0 Å². The van der Waals surface area contributed by atoms with Gasteiger partial charge in [0.2, 0.25) is 5.75 Å². The van der Waals surface area contributed by atoms with Crippen molar-refractivity contribution in [2.45, 2.75) is 6.54 Å². The van der Waals surface area contributed by atoms with Crippen molar-refractivity contribution >= 4 is 23.3 Å². The van der Waals surface area contributed by atoms with E-state index in [0.29, 0.717) is 23.1 Å². The molecule has 0 atom stereocenters. The van der Waals surface area contributed by atoms with Crippen molar-refractivity contribution in [1.82, 2.24) is 4.98 Å². The number of ether oxygens (including phenoxy) is 3. The van der Waals surface area contributed by atoms with Gasteiger partial charge in [0, 0.05) is 22.3 Å². The van der Waals surface area contributed by atoms with Crippen molar-refractivity contribution < 1.29 is 23.4 Å². The molecule has 3 rings (SSSR count). The van der Waals surface area contributed by atoms with Crippen molar-refractivity contribution in [1.29, 1.82) is 0 Å². The lowest BCUT2D eigenvalue weighted by molar-refractivity contribution is 0.0983. The smallest absolute Gasteiger partial charge is 0.260 e. The maximum absolute atomic E-state index is 14.4. The van der Waals surface area contributed by atoms with Crippen LogP contribution in [0.4, 0.5) is 10.2 Å². The average Bonchev–Trinajstić information content (AvgIpc) is 2.78. The van der Waals surface area contributed by atoms with Crippen LogP contribution in [0.3, 0.4) is 0 Å². The van der Waals surface area contributed by atoms with Crippen molar-refractivity contribution in [3.8, 4) is 17.2 Å². The van der Waals surface area contributed by atoms with Crippen LogP contribution in [0.5, 0.6) is 17.2 Å². The molecule has 0 unspecified atom stereocenters. The van der Waals surface area contributed by atoms with Gasteiger partial charge in [-0.1, -0.05) is 23.7 Å². The number of benzene rings is 2. The number of nitrogens with zero attached hydrogens (tertiary/aromatic N) is 2. The number of hydrogen-bond acceptors (Lipinski definition) is 5. The van der Waals surface area contributed by atoms with Crippen LogP contribution in [-0.4, -0.2) is 32.2 Å². The first kappa shape index (κ1) is 21.4. The fourth-order valence-electron chi connectivity index (χ4n) is 2.97. The molecular weight excluding hydrogens is 411 g/mol. The highest BCUT2D eigenvalue weighted by Crippen LogP contribution is 2.39. The first-order valence-electron chi connectivity index (χ1n) is 8.96. The molecule has 0 N–H and O–H groups in total. The van der Waals surface area contributed by atoms with Gasteiger partial charge in [0.25, 0.3) is 5.91 Å². The molecule has 0 spiro atoms. The second kappa shape index (κ2) is 9.45. The van der Waals surface area contributed by atoms with E-state index in [1.165, 1.54) is 50.5 Å². The number of methoxy groups -OCH3 is 3. The maximum atomic E-state index is 14.4. The number of rotatable bonds is 7. The molecule has 0 aliphatic carbocycles. The molecule has 0 aliphatic heterocycles. The Kier molecular flexibility index (Phi) is 6.74. The Balaban J connectivity index is 2.09. The van der Waals surface area contributed by atoms with Crippen LogP contribution in [-0.2, 0) is 6.54 Å². The molecule has 156 valence electrons. The number of amides is 1. The van der Waals surface area contributed by atoms with Gasteiger partial charge in [-0.15, -0.1) is 0 Å². The quantitative estimate of drug-likeness (QED) is 0.541. The van der Waals surface area contributed by atoms with Crippen LogP contribution in [0.25, 0.3) is 0 Å². The topological polar surface area (TPSA) is 60.9 Å². The lowest BCUT2D eigenvalue weighted by atomic mass is 10.1. The molecule has 6 nitrogen and oxygen atoms in total. The second-order valence-electron chi connectivity index (χ2n) is 6.19. The normalized spacial score (nSPS) is 10.4. The van der Waals surface area contributed by atoms with Gasteiger partial charge in [-0.3, -0.25) is 9.69 Å². The molecule has 30 heavy (non-hydrogen) atoms. The maximum Gasteiger partial charge on any atom is 0.260 e. The van der Waals surface area contributed by atoms with E-state index in [1.54, 1.807) is 30.5 Å². The van der Waals surface area contributed by atoms with Crippen LogP contribution in [0.15, 0.2) is 54.7 Å². The van der Waals surface area contributed by atoms with Crippen LogP contribution in [0.1, 0.15) is 15.9 Å². The lowest BCUT2D eigenvalue weighted by Gasteiger charge is -2.23. The predicted molar refractivity (Wildman–Crippen MR) is 112 cm³/mol. The second-order valence-corrected chi connectivity index (χ2v) is 6.60. The van der Waals surface area contributed by atoms with Gasteiger partial charge in [0.05, 0.1) is 27.9 Å². The lowest BCUT2D eigenvalue weighted by Crippen LogP contribution is -2.31. The summed E-state index contributed by atoms with van der Waals surface area (Å²) in [5.41, 5.74) is 0.438. The van der Waals surface area contributed by atoms with E-state index in [1.807, 2.05) is 0 Å². The number of carbonyl (C=O) groups excluding carboxylic acids is 1. The third-order valence-corrected chi connectivity index (χ3v) is 4.81. The average molecular weight is 431 g/mol. The SMILES string of the molecule is COc1cc(C(=O)N(Cc2c(F)cccc2Cl)c2ccccn2)cc(OC)c1OC. The predicted octanol–water partition coefficient (Wildman–Crippen LogP) is 4.75. The minimum Gasteiger partial charge on any atom is -0.493 e. The number of aromatic nitrogens is 1. The Morgan fingerprint density at radius 2 is 1.73 bits per heavy atom. The van der Waals surface area contributed by atoms with Crippen LogP contribution in [0.2, 0.25) is 5.02 Å². The number of halogens is 2. The van der Waals surface area contributed by atoms with Crippen molar-refractivity contribution in [2.75, 3.05) is 26.2 Å². The molecule has 0 saturated carbocycles. The molecule has 1 aromatic heterocycles. The first-order chi connectivity index (χ1) is 14.5. The summed E-state index contributed by atoms with van der Waals surface area (Å²) in [6.45, 7) is -0.113. The van der Waals surface area contributed by atoms with Gasteiger partial charge in [-0.05, 0) is 36.4 Å². The van der Waals surface area contributed by atoms with Crippen LogP contribution < -0.4 is 19.1 Å².